The molecule has 1 aromatic rings. The van der Waals surface area contributed by atoms with E-state index in [0.717, 1.165) is 22.7 Å². The minimum atomic E-state index is -0.833. The van der Waals surface area contributed by atoms with Gasteiger partial charge in [-0.2, -0.15) is 0 Å². The maximum atomic E-state index is 12.4. The molecule has 1 aromatic heterocycles. The zero-order chi connectivity index (χ0) is 23.2. The summed E-state index contributed by atoms with van der Waals surface area (Å²) in [5.74, 6) is -3.33. The number of carbonyl (C=O) groups excluding carboxylic acids is 4. The molecule has 10 heteroatoms. The third-order valence-electron chi connectivity index (χ3n) is 2.97. The lowest BCUT2D eigenvalue weighted by Gasteiger charge is -2.14. The maximum Gasteiger partial charge on any atom is 0.348 e. The van der Waals surface area contributed by atoms with Crippen molar-refractivity contribution in [3.05, 3.63) is 7.69 Å². The molecule has 0 atom stereocenters. The number of rotatable bonds is 8. The van der Waals surface area contributed by atoms with Crippen LogP contribution in [0, 0.1) is 0 Å². The van der Waals surface area contributed by atoms with Crippen LogP contribution in [0.4, 0.5) is 0 Å². The highest BCUT2D eigenvalue weighted by Gasteiger charge is 2.29. The first-order chi connectivity index (χ1) is 13.8. The Balaban J connectivity index is 3.57. The van der Waals surface area contributed by atoms with Gasteiger partial charge in [0.25, 0.3) is 0 Å². The van der Waals surface area contributed by atoms with Crippen LogP contribution in [0.25, 0.3) is 11.1 Å². The van der Waals surface area contributed by atoms with Gasteiger partial charge in [-0.25, -0.2) is 19.2 Å². The minimum absolute atomic E-state index is 0.272. The third kappa shape index (κ3) is 7.56. The molecule has 0 saturated heterocycles. The first-order valence-corrected chi connectivity index (χ1v) is 11.1. The lowest BCUT2D eigenvalue weighted by molar-refractivity contribution is -0.148. The molecular formula is C20H28O8S2. The number of hydrogen-bond acceptors (Lipinski definition) is 10. The molecular weight excluding hydrogens is 432 g/mol. The van der Waals surface area contributed by atoms with Gasteiger partial charge >= 0.3 is 23.9 Å². The molecule has 8 nitrogen and oxygen atoms in total. The fourth-order valence-electron chi connectivity index (χ4n) is 1.97. The summed E-state index contributed by atoms with van der Waals surface area (Å²) >= 11 is 1.86. The monoisotopic (exact) mass is 460 g/mol. The van der Waals surface area contributed by atoms with Gasteiger partial charge in [-0.05, 0) is 55.4 Å². The average Bonchev–Trinajstić information content (AvgIpc) is 2.49. The molecule has 0 aromatic carbocycles. The van der Waals surface area contributed by atoms with E-state index < -0.39 is 48.3 Å². The van der Waals surface area contributed by atoms with E-state index in [2.05, 4.69) is 0 Å². The molecule has 0 radical (unpaired) electrons. The minimum Gasteiger partial charge on any atom is -0.459 e. The second-order valence-electron chi connectivity index (χ2n) is 7.35. The molecule has 0 N–H and O–H groups in total. The Labute approximate surface area is 183 Å². The Bertz CT molecular complexity index is 766. The molecule has 0 aliphatic rings. The van der Waals surface area contributed by atoms with E-state index in [4.69, 9.17) is 18.9 Å². The van der Waals surface area contributed by atoms with Crippen LogP contribution in [-0.2, 0) is 38.1 Å². The van der Waals surface area contributed by atoms with Crippen LogP contribution in [0.5, 0.6) is 0 Å². The molecule has 1 rings (SSSR count). The van der Waals surface area contributed by atoms with E-state index in [1.807, 2.05) is 0 Å². The van der Waals surface area contributed by atoms with Gasteiger partial charge in [-0.15, -0.1) is 22.7 Å². The highest BCUT2D eigenvalue weighted by molar-refractivity contribution is 7.36. The van der Waals surface area contributed by atoms with Gasteiger partial charge in [-0.1, -0.05) is 0 Å². The van der Waals surface area contributed by atoms with Crippen LogP contribution < -0.4 is 7.69 Å². The highest BCUT2D eigenvalue weighted by Crippen LogP contribution is 2.12. The summed E-state index contributed by atoms with van der Waals surface area (Å²) in [5.41, 5.74) is -0.546. The average molecular weight is 461 g/mol. The topological polar surface area (TPSA) is 105 Å². The van der Waals surface area contributed by atoms with Crippen molar-refractivity contribution < 1.29 is 38.1 Å². The fraction of sp³-hybridized carbons (Fsp3) is 0.600. The first-order valence-electron chi connectivity index (χ1n) is 9.51. The Kier molecular flexibility index (Phi) is 9.70. The van der Waals surface area contributed by atoms with E-state index in [0.29, 0.717) is 0 Å². The van der Waals surface area contributed by atoms with Crippen molar-refractivity contribution in [1.82, 2.24) is 0 Å². The van der Waals surface area contributed by atoms with Crippen molar-refractivity contribution in [3.63, 3.8) is 0 Å². The summed E-state index contributed by atoms with van der Waals surface area (Å²) in [5, 5.41) is 0. The zero-order valence-electron chi connectivity index (χ0n) is 18.4. The van der Waals surface area contributed by atoms with Crippen molar-refractivity contribution in [1.29, 1.82) is 0 Å². The lowest BCUT2D eigenvalue weighted by Crippen LogP contribution is -2.32. The van der Waals surface area contributed by atoms with Crippen molar-refractivity contribution in [2.24, 2.45) is 0 Å². The van der Waals surface area contributed by atoms with Crippen LogP contribution in [0.3, 0.4) is 0 Å². The standard InChI is InChI=1S/C20H28O8S2/c1-9(2)25-15(21)13(16(22)26-10(3)4)19-29-20(30-19)14(17(23)27-11(5)6)18(24)28-12(7)8/h9-12H,1-8H3. The van der Waals surface area contributed by atoms with Gasteiger partial charge in [0.1, 0.15) is 7.69 Å². The summed E-state index contributed by atoms with van der Waals surface area (Å²) in [6, 6.07) is 0. The van der Waals surface area contributed by atoms with Gasteiger partial charge < -0.3 is 18.9 Å². The lowest BCUT2D eigenvalue weighted by atomic mass is 10.3. The smallest absolute Gasteiger partial charge is 0.348 e. The van der Waals surface area contributed by atoms with E-state index in [-0.39, 0.29) is 18.8 Å². The predicted molar refractivity (Wildman–Crippen MR) is 113 cm³/mol. The van der Waals surface area contributed by atoms with Gasteiger partial charge in [0.05, 0.1) is 24.4 Å². The largest absolute Gasteiger partial charge is 0.459 e. The number of ether oxygens (including phenoxy) is 4. The van der Waals surface area contributed by atoms with Crippen molar-refractivity contribution in [2.75, 3.05) is 0 Å². The third-order valence-corrected chi connectivity index (χ3v) is 5.52. The molecule has 0 unspecified atom stereocenters. The Morgan fingerprint density at radius 3 is 0.867 bits per heavy atom. The zero-order valence-corrected chi connectivity index (χ0v) is 20.0. The number of hydrogen-bond donors (Lipinski definition) is 0. The fourth-order valence-corrected chi connectivity index (χ4v) is 4.15. The molecule has 0 aliphatic heterocycles. The second kappa shape index (κ2) is 11.3. The summed E-state index contributed by atoms with van der Waals surface area (Å²) in [6.07, 6.45) is -1.77. The van der Waals surface area contributed by atoms with E-state index >= 15 is 0 Å². The molecule has 168 valence electrons. The number of carbonyl (C=O) groups is 4. The Hall–Kier alpha value is -2.20. The maximum absolute atomic E-state index is 12.4. The molecule has 1 heterocycles. The predicted octanol–water partition coefficient (Wildman–Crippen LogP) is 1.92. The quantitative estimate of drug-likeness (QED) is 0.329. The van der Waals surface area contributed by atoms with Crippen LogP contribution in [0.15, 0.2) is 0 Å². The first kappa shape index (κ1) is 25.8. The van der Waals surface area contributed by atoms with E-state index in [1.54, 1.807) is 55.4 Å². The molecule has 0 fully saturated rings. The number of esters is 4. The van der Waals surface area contributed by atoms with Gasteiger partial charge in [0.15, 0.2) is 11.1 Å². The summed E-state index contributed by atoms with van der Waals surface area (Å²) in [6.45, 7) is 13.2. The van der Waals surface area contributed by atoms with Crippen LogP contribution in [0.2, 0.25) is 0 Å². The van der Waals surface area contributed by atoms with Gasteiger partial charge in [-0.3, -0.25) is 0 Å². The summed E-state index contributed by atoms with van der Waals surface area (Å²) in [7, 11) is 0. The SMILES string of the molecule is CC(C)OC(=O)C(C(=O)OC(C)C)=c1sc(=C(C(=O)OC(C)C)C(=O)OC(C)C)s1. The molecule has 0 aliphatic carbocycles. The van der Waals surface area contributed by atoms with E-state index in [9.17, 15) is 19.2 Å². The van der Waals surface area contributed by atoms with Gasteiger partial charge in [0.2, 0.25) is 0 Å². The molecule has 0 saturated carbocycles. The van der Waals surface area contributed by atoms with Crippen LogP contribution in [-0.4, -0.2) is 48.3 Å². The highest BCUT2D eigenvalue weighted by atomic mass is 32.2. The van der Waals surface area contributed by atoms with E-state index in [1.165, 1.54) is 0 Å². The van der Waals surface area contributed by atoms with Crippen LogP contribution >= 0.6 is 22.7 Å². The Morgan fingerprint density at radius 1 is 0.500 bits per heavy atom. The second-order valence-corrected chi connectivity index (χ2v) is 9.90. The summed E-state index contributed by atoms with van der Waals surface area (Å²) in [4.78, 5) is 49.8. The van der Waals surface area contributed by atoms with Crippen molar-refractivity contribution >= 4 is 57.7 Å². The summed E-state index contributed by atoms with van der Waals surface area (Å²) < 4.78 is 21.1. The van der Waals surface area contributed by atoms with Crippen LogP contribution in [0.1, 0.15) is 55.4 Å². The van der Waals surface area contributed by atoms with Crippen molar-refractivity contribution in [3.8, 4) is 0 Å². The molecule has 0 spiro atoms. The van der Waals surface area contributed by atoms with Crippen molar-refractivity contribution in [2.45, 2.75) is 79.8 Å². The molecule has 0 bridgehead atoms. The normalized spacial score (nSPS) is 11.1. The molecule has 30 heavy (non-hydrogen) atoms. The Morgan fingerprint density at radius 2 is 0.700 bits per heavy atom. The molecule has 0 amide bonds. The van der Waals surface area contributed by atoms with Gasteiger partial charge in [0, 0.05) is 0 Å².